The van der Waals surface area contributed by atoms with E-state index < -0.39 is 6.10 Å². The van der Waals surface area contributed by atoms with Gasteiger partial charge in [0.2, 0.25) is 0 Å². The van der Waals surface area contributed by atoms with Crippen LogP contribution in [0.5, 0.6) is 5.75 Å². The average molecular weight is 283 g/mol. The molecule has 0 aliphatic carbocycles. The first kappa shape index (κ1) is 16.3. The highest BCUT2D eigenvalue weighted by atomic mass is 32.2. The molecule has 19 heavy (non-hydrogen) atoms. The lowest BCUT2D eigenvalue weighted by Gasteiger charge is -2.16. The Morgan fingerprint density at radius 1 is 1.32 bits per heavy atom. The van der Waals surface area contributed by atoms with E-state index >= 15 is 0 Å². The summed E-state index contributed by atoms with van der Waals surface area (Å²) in [6, 6.07) is 6.10. The molecule has 0 fully saturated rings. The Bertz CT molecular complexity index is 384. The van der Waals surface area contributed by atoms with E-state index in [2.05, 4.69) is 24.6 Å². The maximum atomic E-state index is 9.86. The van der Waals surface area contributed by atoms with Crippen LogP contribution >= 0.6 is 11.8 Å². The van der Waals surface area contributed by atoms with E-state index in [1.807, 2.05) is 37.7 Å². The molecule has 0 aromatic heterocycles. The number of aliphatic hydroxyl groups excluding tert-OH is 1. The number of nitrogens with one attached hydrogen (secondary N) is 1. The molecule has 1 aromatic rings. The van der Waals surface area contributed by atoms with Gasteiger partial charge in [-0.1, -0.05) is 19.1 Å². The predicted octanol–water partition coefficient (Wildman–Crippen LogP) is 2.38. The van der Waals surface area contributed by atoms with Crippen LogP contribution in [0.4, 0.5) is 0 Å². The number of hydrogen-bond donors (Lipinski definition) is 2. The van der Waals surface area contributed by atoms with Gasteiger partial charge in [0, 0.05) is 18.3 Å². The summed E-state index contributed by atoms with van der Waals surface area (Å²) in [5, 5.41) is 13.7. The van der Waals surface area contributed by atoms with Gasteiger partial charge in [0.1, 0.15) is 18.5 Å². The molecule has 2 atom stereocenters. The van der Waals surface area contributed by atoms with Gasteiger partial charge in [0.05, 0.1) is 0 Å². The van der Waals surface area contributed by atoms with E-state index in [1.165, 1.54) is 5.56 Å². The SMILES string of the molecule is CSC(C)CNCC(O)COc1cc(C)ccc1C. The fourth-order valence-corrected chi connectivity index (χ4v) is 1.93. The van der Waals surface area contributed by atoms with E-state index in [4.69, 9.17) is 4.74 Å². The van der Waals surface area contributed by atoms with Gasteiger partial charge in [0.15, 0.2) is 0 Å². The van der Waals surface area contributed by atoms with Crippen molar-refractivity contribution in [1.29, 1.82) is 0 Å². The standard InChI is InChI=1S/C15H25NO2S/c1-11-5-6-12(2)15(7-11)18-10-14(17)9-16-8-13(3)19-4/h5-7,13-14,16-17H,8-10H2,1-4H3. The Kier molecular flexibility index (Phi) is 7.28. The zero-order valence-corrected chi connectivity index (χ0v) is 13.1. The lowest BCUT2D eigenvalue weighted by molar-refractivity contribution is 0.106. The molecule has 1 rings (SSSR count). The van der Waals surface area contributed by atoms with Crippen molar-refractivity contribution in [3.63, 3.8) is 0 Å². The number of thioether (sulfide) groups is 1. The van der Waals surface area contributed by atoms with Crippen LogP contribution < -0.4 is 10.1 Å². The predicted molar refractivity (Wildman–Crippen MR) is 83.3 cm³/mol. The fourth-order valence-electron chi connectivity index (χ4n) is 1.64. The number of aryl methyl sites for hydroxylation is 2. The highest BCUT2D eigenvalue weighted by Crippen LogP contribution is 2.19. The van der Waals surface area contributed by atoms with Crippen LogP contribution in [-0.2, 0) is 0 Å². The van der Waals surface area contributed by atoms with E-state index in [9.17, 15) is 5.11 Å². The molecule has 108 valence electrons. The molecule has 0 saturated carbocycles. The molecule has 0 saturated heterocycles. The second kappa shape index (κ2) is 8.46. The van der Waals surface area contributed by atoms with Crippen LogP contribution in [0.2, 0.25) is 0 Å². The third-order valence-corrected chi connectivity index (χ3v) is 3.96. The average Bonchev–Trinajstić information content (AvgIpc) is 2.39. The number of rotatable bonds is 8. The van der Waals surface area contributed by atoms with Crippen LogP contribution in [-0.4, -0.2) is 42.4 Å². The van der Waals surface area contributed by atoms with Crippen molar-refractivity contribution in [3.8, 4) is 5.75 Å². The van der Waals surface area contributed by atoms with Crippen LogP contribution in [0.25, 0.3) is 0 Å². The summed E-state index contributed by atoms with van der Waals surface area (Å²) < 4.78 is 5.67. The molecule has 2 unspecified atom stereocenters. The van der Waals surface area contributed by atoms with Crippen molar-refractivity contribution in [3.05, 3.63) is 29.3 Å². The number of aliphatic hydroxyl groups is 1. The Morgan fingerprint density at radius 3 is 2.74 bits per heavy atom. The van der Waals surface area contributed by atoms with Gasteiger partial charge in [-0.3, -0.25) is 0 Å². The first-order valence-electron chi connectivity index (χ1n) is 6.64. The Hall–Kier alpha value is -0.710. The molecule has 0 aliphatic heterocycles. The van der Waals surface area contributed by atoms with E-state index in [-0.39, 0.29) is 0 Å². The molecule has 1 aromatic carbocycles. The number of ether oxygens (including phenoxy) is 1. The van der Waals surface area contributed by atoms with E-state index in [0.717, 1.165) is 17.9 Å². The quantitative estimate of drug-likeness (QED) is 0.768. The van der Waals surface area contributed by atoms with Crippen molar-refractivity contribution in [2.75, 3.05) is 26.0 Å². The summed E-state index contributed by atoms with van der Waals surface area (Å²) in [4.78, 5) is 0. The lowest BCUT2D eigenvalue weighted by Crippen LogP contribution is -2.34. The van der Waals surface area contributed by atoms with E-state index in [1.54, 1.807) is 0 Å². The molecule has 0 aliphatic rings. The van der Waals surface area contributed by atoms with Crippen molar-refractivity contribution in [2.45, 2.75) is 32.1 Å². The molecule has 0 spiro atoms. The smallest absolute Gasteiger partial charge is 0.122 e. The zero-order valence-electron chi connectivity index (χ0n) is 12.3. The summed E-state index contributed by atoms with van der Waals surface area (Å²) >= 11 is 1.81. The van der Waals surface area contributed by atoms with Gasteiger partial charge >= 0.3 is 0 Å². The summed E-state index contributed by atoms with van der Waals surface area (Å²) in [6.45, 7) is 8.01. The Labute approximate surface area is 120 Å². The first-order chi connectivity index (χ1) is 9.02. The van der Waals surface area contributed by atoms with Crippen molar-refractivity contribution in [1.82, 2.24) is 5.32 Å². The molecular weight excluding hydrogens is 258 g/mol. The number of benzene rings is 1. The monoisotopic (exact) mass is 283 g/mol. The minimum absolute atomic E-state index is 0.324. The van der Waals surface area contributed by atoms with Gasteiger partial charge < -0.3 is 15.2 Å². The van der Waals surface area contributed by atoms with E-state index in [0.29, 0.717) is 18.4 Å². The second-order valence-corrected chi connectivity index (χ2v) is 6.21. The largest absolute Gasteiger partial charge is 0.491 e. The highest BCUT2D eigenvalue weighted by molar-refractivity contribution is 7.99. The third kappa shape index (κ3) is 6.32. The maximum absolute atomic E-state index is 9.86. The van der Waals surface area contributed by atoms with Gasteiger partial charge in [-0.05, 0) is 37.3 Å². The summed E-state index contributed by atoms with van der Waals surface area (Å²) in [7, 11) is 0. The minimum Gasteiger partial charge on any atom is -0.491 e. The topological polar surface area (TPSA) is 41.5 Å². The lowest BCUT2D eigenvalue weighted by atomic mass is 10.1. The molecule has 4 heteroatoms. The summed E-state index contributed by atoms with van der Waals surface area (Å²) in [5.41, 5.74) is 2.27. The number of hydrogen-bond acceptors (Lipinski definition) is 4. The molecule has 0 heterocycles. The summed E-state index contributed by atoms with van der Waals surface area (Å²) in [6.07, 6.45) is 1.61. The molecule has 3 nitrogen and oxygen atoms in total. The first-order valence-corrected chi connectivity index (χ1v) is 7.93. The van der Waals surface area contributed by atoms with Crippen LogP contribution in [0.15, 0.2) is 18.2 Å². The Balaban J connectivity index is 2.29. The zero-order chi connectivity index (χ0) is 14.3. The summed E-state index contributed by atoms with van der Waals surface area (Å²) in [5.74, 6) is 0.858. The van der Waals surface area contributed by atoms with Gasteiger partial charge in [-0.2, -0.15) is 11.8 Å². The maximum Gasteiger partial charge on any atom is 0.122 e. The molecule has 0 amide bonds. The van der Waals surface area contributed by atoms with Gasteiger partial charge in [-0.25, -0.2) is 0 Å². The fraction of sp³-hybridized carbons (Fsp3) is 0.600. The second-order valence-electron chi connectivity index (χ2n) is 4.94. The van der Waals surface area contributed by atoms with Crippen LogP contribution in [0.1, 0.15) is 18.1 Å². The third-order valence-electron chi connectivity index (χ3n) is 2.99. The van der Waals surface area contributed by atoms with Crippen LogP contribution in [0.3, 0.4) is 0 Å². The van der Waals surface area contributed by atoms with Crippen molar-refractivity contribution >= 4 is 11.8 Å². The molecular formula is C15H25NO2S. The molecule has 0 bridgehead atoms. The van der Waals surface area contributed by atoms with Crippen LogP contribution in [0, 0.1) is 13.8 Å². The highest BCUT2D eigenvalue weighted by Gasteiger charge is 2.07. The normalized spacial score (nSPS) is 14.2. The molecule has 0 radical (unpaired) electrons. The Morgan fingerprint density at radius 2 is 2.05 bits per heavy atom. The minimum atomic E-state index is -0.478. The molecule has 2 N–H and O–H groups in total. The van der Waals surface area contributed by atoms with Crippen molar-refractivity contribution < 1.29 is 9.84 Å². The van der Waals surface area contributed by atoms with Gasteiger partial charge in [0.25, 0.3) is 0 Å². The van der Waals surface area contributed by atoms with Crippen molar-refractivity contribution in [2.24, 2.45) is 0 Å². The van der Waals surface area contributed by atoms with Gasteiger partial charge in [-0.15, -0.1) is 0 Å².